The van der Waals surface area contributed by atoms with Gasteiger partial charge in [-0.3, -0.25) is 0 Å². The summed E-state index contributed by atoms with van der Waals surface area (Å²) in [6, 6.07) is 18.4. The third-order valence-corrected chi connectivity index (χ3v) is 3.08. The van der Waals surface area contributed by atoms with Gasteiger partial charge in [-0.25, -0.2) is 0 Å². The van der Waals surface area contributed by atoms with Crippen LogP contribution in [-0.4, -0.2) is 10.2 Å². The largest absolute Gasteiger partial charge is 0.508 e. The van der Waals surface area contributed by atoms with Crippen molar-refractivity contribution >= 4 is 10.8 Å². The van der Waals surface area contributed by atoms with Gasteiger partial charge >= 0.3 is 0 Å². The molecule has 0 radical (unpaired) electrons. The first-order valence-electron chi connectivity index (χ1n) is 5.76. The minimum absolute atomic E-state index is 0.221. The standard InChI is InChI=1S/C16H12O2/c17-13-8-5-12(6-9-13)15-10-7-11-3-1-2-4-14(11)16(15)18/h1-10,17-18H. The van der Waals surface area contributed by atoms with Crippen LogP contribution in [0.4, 0.5) is 0 Å². The highest BCUT2D eigenvalue weighted by atomic mass is 16.3. The van der Waals surface area contributed by atoms with Gasteiger partial charge in [0, 0.05) is 10.9 Å². The highest BCUT2D eigenvalue weighted by molar-refractivity contribution is 5.94. The van der Waals surface area contributed by atoms with Crippen LogP contribution in [0, 0.1) is 0 Å². The van der Waals surface area contributed by atoms with Gasteiger partial charge in [-0.15, -0.1) is 0 Å². The third-order valence-electron chi connectivity index (χ3n) is 3.08. The van der Waals surface area contributed by atoms with Crippen LogP contribution in [0.25, 0.3) is 21.9 Å². The number of hydrogen-bond donors (Lipinski definition) is 2. The molecule has 3 rings (SSSR count). The molecule has 3 aromatic rings. The molecule has 0 aliphatic carbocycles. The van der Waals surface area contributed by atoms with Gasteiger partial charge in [0.2, 0.25) is 0 Å². The summed E-state index contributed by atoms with van der Waals surface area (Å²) in [5.41, 5.74) is 1.66. The maximum Gasteiger partial charge on any atom is 0.131 e. The van der Waals surface area contributed by atoms with Crippen LogP contribution < -0.4 is 0 Å². The number of phenols is 2. The van der Waals surface area contributed by atoms with Crippen molar-refractivity contribution < 1.29 is 10.2 Å². The molecule has 0 fully saturated rings. The SMILES string of the molecule is Oc1ccc(-c2ccc3ccccc3c2O)cc1. The Morgan fingerprint density at radius 2 is 1.39 bits per heavy atom. The van der Waals surface area contributed by atoms with Crippen molar-refractivity contribution in [2.75, 3.05) is 0 Å². The molecule has 88 valence electrons. The second-order valence-electron chi connectivity index (χ2n) is 4.23. The van der Waals surface area contributed by atoms with Crippen LogP contribution in [0.5, 0.6) is 11.5 Å². The summed E-state index contributed by atoms with van der Waals surface area (Å²) in [5, 5.41) is 21.4. The van der Waals surface area contributed by atoms with Gasteiger partial charge in [-0.2, -0.15) is 0 Å². The molecule has 2 N–H and O–H groups in total. The van der Waals surface area contributed by atoms with Gasteiger partial charge in [-0.05, 0) is 23.1 Å². The van der Waals surface area contributed by atoms with E-state index in [9.17, 15) is 10.2 Å². The lowest BCUT2D eigenvalue weighted by Gasteiger charge is -2.08. The Balaban J connectivity index is 2.24. The van der Waals surface area contributed by atoms with Crippen molar-refractivity contribution in [3.8, 4) is 22.6 Å². The first-order chi connectivity index (χ1) is 8.75. The van der Waals surface area contributed by atoms with E-state index in [1.54, 1.807) is 24.3 Å². The lowest BCUT2D eigenvalue weighted by molar-refractivity contribution is 0.475. The zero-order chi connectivity index (χ0) is 12.5. The quantitative estimate of drug-likeness (QED) is 0.672. The average Bonchev–Trinajstić information content (AvgIpc) is 2.41. The van der Waals surface area contributed by atoms with Crippen LogP contribution in [0.1, 0.15) is 0 Å². The van der Waals surface area contributed by atoms with Crippen LogP contribution in [-0.2, 0) is 0 Å². The predicted octanol–water partition coefficient (Wildman–Crippen LogP) is 3.92. The summed E-state index contributed by atoms with van der Waals surface area (Å²) < 4.78 is 0. The maximum atomic E-state index is 10.3. The molecular weight excluding hydrogens is 224 g/mol. The maximum absolute atomic E-state index is 10.3. The van der Waals surface area contributed by atoms with Crippen molar-refractivity contribution in [2.45, 2.75) is 0 Å². The van der Waals surface area contributed by atoms with E-state index in [0.29, 0.717) is 0 Å². The predicted molar refractivity (Wildman–Crippen MR) is 72.7 cm³/mol. The molecule has 2 heteroatoms. The molecule has 0 aliphatic heterocycles. The molecular formula is C16H12O2. The monoisotopic (exact) mass is 236 g/mol. The molecule has 0 bridgehead atoms. The van der Waals surface area contributed by atoms with E-state index in [-0.39, 0.29) is 11.5 Å². The summed E-state index contributed by atoms with van der Waals surface area (Å²) in [4.78, 5) is 0. The summed E-state index contributed by atoms with van der Waals surface area (Å²) >= 11 is 0. The topological polar surface area (TPSA) is 40.5 Å². The molecule has 0 atom stereocenters. The molecule has 0 saturated carbocycles. The second-order valence-corrected chi connectivity index (χ2v) is 4.23. The van der Waals surface area contributed by atoms with Gasteiger partial charge in [0.25, 0.3) is 0 Å². The summed E-state index contributed by atoms with van der Waals surface area (Å²) in [6.07, 6.45) is 0. The Morgan fingerprint density at radius 3 is 2.17 bits per heavy atom. The van der Waals surface area contributed by atoms with E-state index in [4.69, 9.17) is 0 Å². The fourth-order valence-corrected chi connectivity index (χ4v) is 2.13. The second kappa shape index (κ2) is 4.08. The highest BCUT2D eigenvalue weighted by Crippen LogP contribution is 2.36. The van der Waals surface area contributed by atoms with Gasteiger partial charge in [-0.1, -0.05) is 48.5 Å². The van der Waals surface area contributed by atoms with Crippen molar-refractivity contribution in [3.05, 3.63) is 60.7 Å². The number of phenolic OH excluding ortho intramolecular Hbond substituents is 2. The Labute approximate surface area is 105 Å². The number of hydrogen-bond acceptors (Lipinski definition) is 2. The molecule has 0 aromatic heterocycles. The van der Waals surface area contributed by atoms with Gasteiger partial charge in [0.15, 0.2) is 0 Å². The molecule has 0 spiro atoms. The summed E-state index contributed by atoms with van der Waals surface area (Å²) in [7, 11) is 0. The Hall–Kier alpha value is -2.48. The van der Waals surface area contributed by atoms with E-state index < -0.39 is 0 Å². The minimum atomic E-state index is 0.221. The Morgan fingerprint density at radius 1 is 0.667 bits per heavy atom. The van der Waals surface area contributed by atoms with Crippen molar-refractivity contribution in [2.24, 2.45) is 0 Å². The fourth-order valence-electron chi connectivity index (χ4n) is 2.13. The zero-order valence-electron chi connectivity index (χ0n) is 9.67. The fraction of sp³-hybridized carbons (Fsp3) is 0. The van der Waals surface area contributed by atoms with E-state index in [1.807, 2.05) is 36.4 Å². The molecule has 0 aliphatic rings. The smallest absolute Gasteiger partial charge is 0.131 e. The van der Waals surface area contributed by atoms with Crippen LogP contribution >= 0.6 is 0 Å². The highest BCUT2D eigenvalue weighted by Gasteiger charge is 2.07. The zero-order valence-corrected chi connectivity index (χ0v) is 9.67. The van der Waals surface area contributed by atoms with E-state index in [2.05, 4.69) is 0 Å². The number of rotatable bonds is 1. The minimum Gasteiger partial charge on any atom is -0.508 e. The van der Waals surface area contributed by atoms with Gasteiger partial charge < -0.3 is 10.2 Å². The first-order valence-corrected chi connectivity index (χ1v) is 5.76. The molecule has 0 heterocycles. The molecule has 3 aromatic carbocycles. The molecule has 0 unspecified atom stereocenters. The molecule has 0 saturated heterocycles. The number of aromatic hydroxyl groups is 2. The lowest BCUT2D eigenvalue weighted by Crippen LogP contribution is -1.81. The number of benzene rings is 3. The average molecular weight is 236 g/mol. The normalized spacial score (nSPS) is 10.7. The first kappa shape index (κ1) is 10.7. The molecule has 18 heavy (non-hydrogen) atoms. The Bertz CT molecular complexity index is 700. The van der Waals surface area contributed by atoms with Crippen LogP contribution in [0.3, 0.4) is 0 Å². The van der Waals surface area contributed by atoms with E-state index in [1.165, 1.54) is 0 Å². The van der Waals surface area contributed by atoms with Gasteiger partial charge in [0.1, 0.15) is 11.5 Å². The van der Waals surface area contributed by atoms with Crippen molar-refractivity contribution in [3.63, 3.8) is 0 Å². The third kappa shape index (κ3) is 1.68. The van der Waals surface area contributed by atoms with Crippen LogP contribution in [0.2, 0.25) is 0 Å². The lowest BCUT2D eigenvalue weighted by atomic mass is 10.00. The molecule has 0 amide bonds. The number of fused-ring (bicyclic) bond motifs is 1. The Kier molecular flexibility index (Phi) is 2.41. The van der Waals surface area contributed by atoms with Crippen molar-refractivity contribution in [1.29, 1.82) is 0 Å². The van der Waals surface area contributed by atoms with E-state index >= 15 is 0 Å². The van der Waals surface area contributed by atoms with Crippen LogP contribution in [0.15, 0.2) is 60.7 Å². The van der Waals surface area contributed by atoms with Gasteiger partial charge in [0.05, 0.1) is 0 Å². The molecule has 2 nitrogen and oxygen atoms in total. The van der Waals surface area contributed by atoms with E-state index in [0.717, 1.165) is 21.9 Å². The van der Waals surface area contributed by atoms with Crippen molar-refractivity contribution in [1.82, 2.24) is 0 Å². The summed E-state index contributed by atoms with van der Waals surface area (Å²) in [5.74, 6) is 0.498. The summed E-state index contributed by atoms with van der Waals surface area (Å²) in [6.45, 7) is 0.